The molecule has 5 heteroatoms. The average Bonchev–Trinajstić information content (AvgIpc) is 2.94. The highest BCUT2D eigenvalue weighted by Crippen LogP contribution is 2.41. The number of aliphatic carboxylic acids is 1. The Balaban J connectivity index is 1.73. The molecule has 5 nitrogen and oxygen atoms in total. The van der Waals surface area contributed by atoms with Gasteiger partial charge in [-0.2, -0.15) is 0 Å². The highest BCUT2D eigenvalue weighted by atomic mass is 16.4. The van der Waals surface area contributed by atoms with Crippen LogP contribution in [0.15, 0.2) is 24.3 Å². The van der Waals surface area contributed by atoms with Crippen molar-refractivity contribution in [1.82, 2.24) is 10.2 Å². The average molecular weight is 330 g/mol. The van der Waals surface area contributed by atoms with Gasteiger partial charge in [0.2, 0.25) is 0 Å². The van der Waals surface area contributed by atoms with Gasteiger partial charge in [-0.15, -0.1) is 0 Å². The number of carboxylic acids is 1. The molecule has 2 N–H and O–H groups in total. The lowest BCUT2D eigenvalue weighted by atomic mass is 9.71. The number of hydrogen-bond donors (Lipinski definition) is 2. The van der Waals surface area contributed by atoms with E-state index in [2.05, 4.69) is 31.3 Å². The maximum Gasteiger partial charge on any atom is 0.317 e. The van der Waals surface area contributed by atoms with E-state index in [1.807, 2.05) is 12.1 Å². The lowest BCUT2D eigenvalue weighted by Gasteiger charge is -2.38. The molecule has 1 saturated heterocycles. The molecule has 2 atom stereocenters. The van der Waals surface area contributed by atoms with Crippen molar-refractivity contribution in [3.8, 4) is 0 Å². The van der Waals surface area contributed by atoms with Gasteiger partial charge in [0.1, 0.15) is 0 Å². The summed E-state index contributed by atoms with van der Waals surface area (Å²) >= 11 is 0. The summed E-state index contributed by atoms with van der Waals surface area (Å²) in [5.74, 6) is -0.831. The van der Waals surface area contributed by atoms with Gasteiger partial charge in [0.15, 0.2) is 0 Å². The number of carboxylic acid groups (broad SMARTS) is 1. The van der Waals surface area contributed by atoms with Crippen LogP contribution in [0.2, 0.25) is 0 Å². The second-order valence-electron chi connectivity index (χ2n) is 8.05. The number of carbonyl (C=O) groups excluding carboxylic acids is 1. The standard InChI is InChI=1S/C19H26N2O3/c1-18(2)9-8-15(13-6-4-5-7-14(13)18)20-17(24)21-11-10-19(3,12-21)16(22)23/h4-7,15H,8-12H2,1-3H3,(H,20,24)(H,22,23). The molecule has 1 aliphatic carbocycles. The zero-order valence-electron chi connectivity index (χ0n) is 14.6. The summed E-state index contributed by atoms with van der Waals surface area (Å²) in [6.07, 6.45) is 2.42. The molecule has 1 fully saturated rings. The molecule has 2 amide bonds. The third kappa shape index (κ3) is 2.87. The van der Waals surface area contributed by atoms with Gasteiger partial charge < -0.3 is 15.3 Å². The maximum atomic E-state index is 12.6. The molecule has 3 rings (SSSR count). The predicted octanol–water partition coefficient (Wildman–Crippen LogP) is 3.31. The molecule has 24 heavy (non-hydrogen) atoms. The fourth-order valence-corrected chi connectivity index (χ4v) is 3.91. The first-order valence-electron chi connectivity index (χ1n) is 8.61. The molecule has 2 aliphatic rings. The molecule has 1 aromatic carbocycles. The molecular formula is C19H26N2O3. The molecule has 0 bridgehead atoms. The van der Waals surface area contributed by atoms with Crippen LogP contribution in [0.3, 0.4) is 0 Å². The fraction of sp³-hybridized carbons (Fsp3) is 0.579. The topological polar surface area (TPSA) is 69.6 Å². The van der Waals surface area contributed by atoms with Crippen molar-refractivity contribution in [2.45, 2.75) is 51.5 Å². The van der Waals surface area contributed by atoms with Crippen LogP contribution < -0.4 is 5.32 Å². The third-order valence-electron chi connectivity index (χ3n) is 5.70. The van der Waals surface area contributed by atoms with Crippen molar-refractivity contribution in [2.75, 3.05) is 13.1 Å². The summed E-state index contributed by atoms with van der Waals surface area (Å²) in [6, 6.07) is 8.13. The highest BCUT2D eigenvalue weighted by molar-refractivity contribution is 5.79. The van der Waals surface area contributed by atoms with Gasteiger partial charge in [-0.05, 0) is 42.7 Å². The minimum absolute atomic E-state index is 0.00147. The van der Waals surface area contributed by atoms with Crippen molar-refractivity contribution < 1.29 is 14.7 Å². The first-order valence-corrected chi connectivity index (χ1v) is 8.61. The Morgan fingerprint density at radius 3 is 2.58 bits per heavy atom. The second-order valence-corrected chi connectivity index (χ2v) is 8.05. The van der Waals surface area contributed by atoms with Crippen molar-refractivity contribution in [3.63, 3.8) is 0 Å². The van der Waals surface area contributed by atoms with E-state index < -0.39 is 11.4 Å². The Morgan fingerprint density at radius 1 is 1.21 bits per heavy atom. The largest absolute Gasteiger partial charge is 0.481 e. The minimum Gasteiger partial charge on any atom is -0.481 e. The van der Waals surface area contributed by atoms with E-state index in [0.717, 1.165) is 12.8 Å². The number of carbonyl (C=O) groups is 2. The summed E-state index contributed by atoms with van der Waals surface area (Å²) in [7, 11) is 0. The van der Waals surface area contributed by atoms with E-state index >= 15 is 0 Å². The van der Waals surface area contributed by atoms with Crippen LogP contribution in [-0.4, -0.2) is 35.1 Å². The molecule has 0 spiro atoms. The number of amides is 2. The fourth-order valence-electron chi connectivity index (χ4n) is 3.91. The molecule has 130 valence electrons. The Labute approximate surface area is 143 Å². The molecule has 1 heterocycles. The number of fused-ring (bicyclic) bond motifs is 1. The van der Waals surface area contributed by atoms with Crippen LogP contribution in [0, 0.1) is 5.41 Å². The number of nitrogens with one attached hydrogen (secondary N) is 1. The second kappa shape index (κ2) is 5.80. The maximum absolute atomic E-state index is 12.6. The van der Waals surface area contributed by atoms with Gasteiger partial charge in [-0.3, -0.25) is 4.79 Å². The SMILES string of the molecule is CC1(C(=O)O)CCN(C(=O)NC2CCC(C)(C)c3ccccc32)C1. The molecule has 0 aromatic heterocycles. The Hall–Kier alpha value is -2.04. The molecule has 1 aliphatic heterocycles. The molecular weight excluding hydrogens is 304 g/mol. The predicted molar refractivity (Wildman–Crippen MR) is 91.9 cm³/mol. The van der Waals surface area contributed by atoms with E-state index in [4.69, 9.17) is 0 Å². The van der Waals surface area contributed by atoms with E-state index in [1.54, 1.807) is 11.8 Å². The quantitative estimate of drug-likeness (QED) is 0.874. The Bertz CT molecular complexity index is 670. The lowest BCUT2D eigenvalue weighted by molar-refractivity contribution is -0.147. The molecule has 2 unspecified atom stereocenters. The van der Waals surface area contributed by atoms with E-state index in [-0.39, 0.29) is 24.0 Å². The normalized spacial score (nSPS) is 28.3. The van der Waals surface area contributed by atoms with Crippen molar-refractivity contribution in [2.24, 2.45) is 5.41 Å². The third-order valence-corrected chi connectivity index (χ3v) is 5.70. The summed E-state index contributed by atoms with van der Waals surface area (Å²) in [5, 5.41) is 12.4. The number of benzene rings is 1. The van der Waals surface area contributed by atoms with Crippen LogP contribution in [-0.2, 0) is 10.2 Å². The van der Waals surface area contributed by atoms with E-state index in [9.17, 15) is 14.7 Å². The number of nitrogens with zero attached hydrogens (tertiary/aromatic N) is 1. The number of hydrogen-bond acceptors (Lipinski definition) is 2. The number of urea groups is 1. The first kappa shape index (κ1) is 16.8. The van der Waals surface area contributed by atoms with Gasteiger partial charge in [0.05, 0.1) is 11.5 Å². The highest BCUT2D eigenvalue weighted by Gasteiger charge is 2.43. The van der Waals surface area contributed by atoms with Gasteiger partial charge in [0, 0.05) is 13.1 Å². The van der Waals surface area contributed by atoms with Crippen molar-refractivity contribution >= 4 is 12.0 Å². The van der Waals surface area contributed by atoms with Gasteiger partial charge in [-0.1, -0.05) is 38.1 Å². The minimum atomic E-state index is -0.831. The monoisotopic (exact) mass is 330 g/mol. The lowest BCUT2D eigenvalue weighted by Crippen LogP contribution is -2.44. The van der Waals surface area contributed by atoms with E-state index in [0.29, 0.717) is 13.0 Å². The Morgan fingerprint density at radius 2 is 1.92 bits per heavy atom. The van der Waals surface area contributed by atoms with Crippen LogP contribution in [0.4, 0.5) is 4.79 Å². The van der Waals surface area contributed by atoms with Crippen molar-refractivity contribution in [1.29, 1.82) is 0 Å². The zero-order valence-corrected chi connectivity index (χ0v) is 14.6. The van der Waals surface area contributed by atoms with Crippen LogP contribution >= 0.6 is 0 Å². The molecule has 0 saturated carbocycles. The van der Waals surface area contributed by atoms with Crippen LogP contribution in [0.25, 0.3) is 0 Å². The smallest absolute Gasteiger partial charge is 0.317 e. The van der Waals surface area contributed by atoms with E-state index in [1.165, 1.54) is 11.1 Å². The first-order chi connectivity index (χ1) is 11.2. The van der Waals surface area contributed by atoms with Crippen molar-refractivity contribution in [3.05, 3.63) is 35.4 Å². The van der Waals surface area contributed by atoms with Crippen LogP contribution in [0.5, 0.6) is 0 Å². The van der Waals surface area contributed by atoms with Crippen LogP contribution in [0.1, 0.15) is 57.2 Å². The number of rotatable bonds is 2. The van der Waals surface area contributed by atoms with Gasteiger partial charge in [-0.25, -0.2) is 4.79 Å². The number of likely N-dealkylation sites (tertiary alicyclic amines) is 1. The summed E-state index contributed by atoms with van der Waals surface area (Å²) in [4.78, 5) is 25.6. The molecule has 0 radical (unpaired) electrons. The van der Waals surface area contributed by atoms with Gasteiger partial charge in [0.25, 0.3) is 0 Å². The summed E-state index contributed by atoms with van der Waals surface area (Å²) < 4.78 is 0. The Kier molecular flexibility index (Phi) is 4.06. The zero-order chi connectivity index (χ0) is 17.5. The summed E-state index contributed by atoms with van der Waals surface area (Å²) in [6.45, 7) is 6.95. The molecule has 1 aromatic rings. The van der Waals surface area contributed by atoms with Gasteiger partial charge >= 0.3 is 12.0 Å². The summed E-state index contributed by atoms with van der Waals surface area (Å²) in [5.41, 5.74) is 1.76.